The summed E-state index contributed by atoms with van der Waals surface area (Å²) in [4.78, 5) is 21.5. The normalized spacial score (nSPS) is 19.2. The fourth-order valence-electron chi connectivity index (χ4n) is 3.46. The van der Waals surface area contributed by atoms with Crippen LogP contribution in [0.15, 0.2) is 41.3 Å². The van der Waals surface area contributed by atoms with Crippen LogP contribution in [0.4, 0.5) is 5.95 Å². The number of aliphatic hydroxyl groups excluding tert-OH is 1. The van der Waals surface area contributed by atoms with E-state index in [1.54, 1.807) is 30.5 Å². The van der Waals surface area contributed by atoms with E-state index in [2.05, 4.69) is 15.3 Å². The summed E-state index contributed by atoms with van der Waals surface area (Å²) < 4.78 is 1.03. The van der Waals surface area contributed by atoms with Crippen molar-refractivity contribution in [1.82, 2.24) is 14.6 Å². The molecule has 0 radical (unpaired) electrons. The topological polar surface area (TPSA) is 106 Å². The van der Waals surface area contributed by atoms with Gasteiger partial charge in [0.25, 0.3) is 5.56 Å². The van der Waals surface area contributed by atoms with Crippen LogP contribution in [0.25, 0.3) is 22.2 Å². The molecule has 1 saturated carbocycles. The van der Waals surface area contributed by atoms with Crippen LogP contribution >= 0.6 is 24.0 Å². The molecular weight excluding hydrogens is 401 g/mol. The molecule has 4 N–H and O–H groups in total. The first-order valence-electron chi connectivity index (χ1n) is 8.90. The van der Waals surface area contributed by atoms with Gasteiger partial charge in [0, 0.05) is 28.2 Å². The Hall–Kier alpha value is -2.35. The summed E-state index contributed by atoms with van der Waals surface area (Å²) in [7, 11) is 0. The molecule has 0 amide bonds. The molecule has 7 nitrogen and oxygen atoms in total. The lowest BCUT2D eigenvalue weighted by atomic mass is 9.93. The number of nitrogens with zero attached hydrogens (tertiary/aromatic N) is 3. The highest BCUT2D eigenvalue weighted by Crippen LogP contribution is 2.27. The molecule has 9 heteroatoms. The first kappa shape index (κ1) is 20.4. The van der Waals surface area contributed by atoms with Crippen LogP contribution in [0.1, 0.15) is 25.7 Å². The number of fused-ring (bicyclic) bond motifs is 1. The third-order valence-corrected chi connectivity index (χ3v) is 5.30. The number of nitrogens with one attached hydrogen (secondary N) is 1. The summed E-state index contributed by atoms with van der Waals surface area (Å²) in [6.07, 6.45) is 4.64. The van der Waals surface area contributed by atoms with Gasteiger partial charge in [-0.3, -0.25) is 4.79 Å². The van der Waals surface area contributed by atoms with Gasteiger partial charge in [0.2, 0.25) is 5.95 Å². The van der Waals surface area contributed by atoms with Gasteiger partial charge in [-0.05, 0) is 37.8 Å². The van der Waals surface area contributed by atoms with Gasteiger partial charge >= 0.3 is 0 Å². The van der Waals surface area contributed by atoms with Gasteiger partial charge in [-0.15, -0.1) is 12.4 Å². The van der Waals surface area contributed by atoms with Crippen LogP contribution in [-0.2, 0) is 0 Å². The molecule has 0 aliphatic heterocycles. The van der Waals surface area contributed by atoms with E-state index in [9.17, 15) is 9.90 Å². The first-order valence-corrected chi connectivity index (χ1v) is 9.28. The largest absolute Gasteiger partial charge is 0.393 e. The number of anilines is 1. The smallest absolute Gasteiger partial charge is 0.278 e. The molecule has 0 saturated heterocycles. The number of rotatable bonds is 3. The Morgan fingerprint density at radius 2 is 1.89 bits per heavy atom. The lowest BCUT2D eigenvalue weighted by molar-refractivity contribution is 0.126. The van der Waals surface area contributed by atoms with Crippen molar-refractivity contribution in [2.75, 3.05) is 11.2 Å². The predicted molar refractivity (Wildman–Crippen MR) is 114 cm³/mol. The minimum absolute atomic E-state index is 0. The molecule has 148 valence electrons. The maximum atomic E-state index is 12.7. The number of nitrogen functional groups attached to an aromatic ring is 1. The summed E-state index contributed by atoms with van der Waals surface area (Å²) in [5.74, 6) is 6.46. The zero-order valence-electron chi connectivity index (χ0n) is 15.0. The van der Waals surface area contributed by atoms with Crippen molar-refractivity contribution in [3.63, 3.8) is 0 Å². The zero-order chi connectivity index (χ0) is 19.0. The Kier molecular flexibility index (Phi) is 6.07. The van der Waals surface area contributed by atoms with Crippen molar-refractivity contribution in [3.05, 3.63) is 51.9 Å². The number of aromatic nitrogens is 3. The van der Waals surface area contributed by atoms with Crippen molar-refractivity contribution in [2.24, 2.45) is 0 Å². The van der Waals surface area contributed by atoms with Crippen LogP contribution in [0.5, 0.6) is 0 Å². The Morgan fingerprint density at radius 3 is 2.61 bits per heavy atom. The van der Waals surface area contributed by atoms with E-state index in [-0.39, 0.29) is 30.1 Å². The second-order valence-corrected chi connectivity index (χ2v) is 7.24. The van der Waals surface area contributed by atoms with E-state index in [4.69, 9.17) is 17.4 Å². The van der Waals surface area contributed by atoms with Crippen LogP contribution in [0.2, 0.25) is 5.02 Å². The van der Waals surface area contributed by atoms with Gasteiger partial charge in [-0.2, -0.15) is 4.98 Å². The molecule has 0 spiro atoms. The lowest BCUT2D eigenvalue weighted by Gasteiger charge is -2.26. The van der Waals surface area contributed by atoms with Crippen molar-refractivity contribution in [3.8, 4) is 11.1 Å². The lowest BCUT2D eigenvalue weighted by Crippen LogP contribution is -2.31. The minimum Gasteiger partial charge on any atom is -0.393 e. The highest BCUT2D eigenvalue weighted by molar-refractivity contribution is 6.33. The van der Waals surface area contributed by atoms with Crippen molar-refractivity contribution in [1.29, 1.82) is 0 Å². The summed E-state index contributed by atoms with van der Waals surface area (Å²) in [6.45, 7) is 0. The number of pyridine rings is 1. The summed E-state index contributed by atoms with van der Waals surface area (Å²) in [6, 6.07) is 9.04. The number of nitrogens with two attached hydrogens (primary N) is 1. The van der Waals surface area contributed by atoms with Gasteiger partial charge in [0.05, 0.1) is 11.7 Å². The summed E-state index contributed by atoms with van der Waals surface area (Å²) in [5, 5.41) is 14.0. The summed E-state index contributed by atoms with van der Waals surface area (Å²) >= 11 is 6.23. The molecule has 1 aliphatic carbocycles. The molecule has 1 fully saturated rings. The second kappa shape index (κ2) is 8.34. The fourth-order valence-corrected chi connectivity index (χ4v) is 3.70. The maximum Gasteiger partial charge on any atom is 0.278 e. The van der Waals surface area contributed by atoms with Gasteiger partial charge in [-0.1, -0.05) is 29.8 Å². The Bertz CT molecular complexity index is 1050. The number of benzene rings is 1. The molecule has 0 atom stereocenters. The van der Waals surface area contributed by atoms with Crippen LogP contribution in [0.3, 0.4) is 0 Å². The number of halogens is 2. The molecule has 28 heavy (non-hydrogen) atoms. The Morgan fingerprint density at radius 1 is 1.18 bits per heavy atom. The van der Waals surface area contributed by atoms with Gasteiger partial charge in [0.1, 0.15) is 0 Å². The third kappa shape index (κ3) is 3.92. The van der Waals surface area contributed by atoms with Crippen molar-refractivity contribution >= 4 is 41.0 Å². The van der Waals surface area contributed by atoms with Crippen LogP contribution < -0.4 is 16.7 Å². The molecule has 0 unspecified atom stereocenters. The highest BCUT2D eigenvalue weighted by Gasteiger charge is 2.20. The molecule has 0 bridgehead atoms. The van der Waals surface area contributed by atoms with Crippen molar-refractivity contribution < 1.29 is 5.11 Å². The monoisotopic (exact) mass is 421 g/mol. The molecular formula is C19H21Cl2N5O2. The number of aliphatic hydroxyl groups is 1. The molecule has 4 rings (SSSR count). The standard InChI is InChI=1S/C19H20ClN5O2.ClH/c20-16-4-2-1-3-14(16)15-9-11-10-22-19(24-17(11)25(21)18(15)27)23-12-5-7-13(26)8-6-12;/h1-4,9-10,12-13,26H,5-8,21H2,(H,22,23,24);1H. The van der Waals surface area contributed by atoms with E-state index in [0.29, 0.717) is 33.1 Å². The van der Waals surface area contributed by atoms with E-state index >= 15 is 0 Å². The Balaban J connectivity index is 0.00000225. The van der Waals surface area contributed by atoms with Crippen LogP contribution in [-0.4, -0.2) is 31.9 Å². The number of hydrogen-bond acceptors (Lipinski definition) is 6. The average molecular weight is 422 g/mol. The molecule has 1 aromatic carbocycles. The van der Waals surface area contributed by atoms with Gasteiger partial charge < -0.3 is 16.3 Å². The third-order valence-electron chi connectivity index (χ3n) is 4.97. The fraction of sp³-hybridized carbons (Fsp3) is 0.316. The van der Waals surface area contributed by atoms with E-state index < -0.39 is 0 Å². The second-order valence-electron chi connectivity index (χ2n) is 6.84. The first-order chi connectivity index (χ1) is 13.0. The van der Waals surface area contributed by atoms with Gasteiger partial charge in [0.15, 0.2) is 5.65 Å². The van der Waals surface area contributed by atoms with Gasteiger partial charge in [-0.25, -0.2) is 9.66 Å². The zero-order valence-corrected chi connectivity index (χ0v) is 16.6. The van der Waals surface area contributed by atoms with E-state index in [1.165, 1.54) is 0 Å². The van der Waals surface area contributed by atoms with Crippen LogP contribution in [0, 0.1) is 0 Å². The van der Waals surface area contributed by atoms with E-state index in [1.807, 2.05) is 6.07 Å². The summed E-state index contributed by atoms with van der Waals surface area (Å²) in [5.41, 5.74) is 1.000. The Labute approximate surface area is 172 Å². The predicted octanol–water partition coefficient (Wildman–Crippen LogP) is 2.96. The molecule has 2 heterocycles. The minimum atomic E-state index is -0.374. The quantitative estimate of drug-likeness (QED) is 0.561. The number of hydrogen-bond donors (Lipinski definition) is 3. The highest BCUT2D eigenvalue weighted by atomic mass is 35.5. The SMILES string of the molecule is Cl.Nn1c(=O)c(-c2ccccc2Cl)cc2cnc(NC3CCC(O)CC3)nc21. The van der Waals surface area contributed by atoms with E-state index in [0.717, 1.165) is 30.4 Å². The maximum absolute atomic E-state index is 12.7. The molecule has 2 aromatic heterocycles. The average Bonchev–Trinajstić information content (AvgIpc) is 2.67. The van der Waals surface area contributed by atoms with Crippen molar-refractivity contribution in [2.45, 2.75) is 37.8 Å². The molecule has 1 aliphatic rings. The molecule has 3 aromatic rings.